The number of aromatic nitrogens is 1. The second-order valence-corrected chi connectivity index (χ2v) is 5.35. The van der Waals surface area contributed by atoms with Crippen molar-refractivity contribution in [3.63, 3.8) is 0 Å². The Morgan fingerprint density at radius 1 is 1.26 bits per heavy atom. The van der Waals surface area contributed by atoms with Crippen molar-refractivity contribution in [3.05, 3.63) is 41.4 Å². The second kappa shape index (κ2) is 7.01. The quantitative estimate of drug-likeness (QED) is 0.842. The van der Waals surface area contributed by atoms with Gasteiger partial charge in [0.25, 0.3) is 0 Å². The van der Waals surface area contributed by atoms with E-state index in [0.29, 0.717) is 24.1 Å². The van der Waals surface area contributed by atoms with Gasteiger partial charge in [-0.05, 0) is 43.5 Å². The third-order valence-electron chi connectivity index (χ3n) is 3.73. The Morgan fingerprint density at radius 3 is 2.65 bits per heavy atom. The standard InChI is InChI=1S/C18H19N3O2/c1-2-22-15-8-5-14(6-9-15)7-10-17-20-16(13-19)18(23-17)21-11-3-4-12-21/h5-10H,2-4,11-12H2,1H3/b10-7+. The van der Waals surface area contributed by atoms with E-state index in [0.717, 1.165) is 37.2 Å². The Balaban J connectivity index is 1.75. The van der Waals surface area contributed by atoms with Gasteiger partial charge in [0.15, 0.2) is 0 Å². The van der Waals surface area contributed by atoms with Crippen molar-refractivity contribution < 1.29 is 9.15 Å². The Hall–Kier alpha value is -2.74. The minimum Gasteiger partial charge on any atom is -0.494 e. The fourth-order valence-electron chi connectivity index (χ4n) is 2.62. The molecule has 0 spiro atoms. The largest absolute Gasteiger partial charge is 0.494 e. The highest BCUT2D eigenvalue weighted by molar-refractivity contribution is 5.67. The lowest BCUT2D eigenvalue weighted by atomic mass is 10.2. The van der Waals surface area contributed by atoms with Crippen LogP contribution in [0.2, 0.25) is 0 Å². The van der Waals surface area contributed by atoms with Gasteiger partial charge in [-0.25, -0.2) is 0 Å². The van der Waals surface area contributed by atoms with E-state index in [1.807, 2.05) is 37.3 Å². The molecule has 0 aliphatic carbocycles. The number of hydrogen-bond acceptors (Lipinski definition) is 5. The molecular weight excluding hydrogens is 290 g/mol. The van der Waals surface area contributed by atoms with Crippen LogP contribution in [0.3, 0.4) is 0 Å². The van der Waals surface area contributed by atoms with Crippen LogP contribution in [0.25, 0.3) is 12.2 Å². The highest BCUT2D eigenvalue weighted by Crippen LogP contribution is 2.26. The van der Waals surface area contributed by atoms with Crippen LogP contribution in [0.5, 0.6) is 5.75 Å². The molecule has 0 saturated carbocycles. The summed E-state index contributed by atoms with van der Waals surface area (Å²) in [6.45, 7) is 4.46. The number of rotatable bonds is 5. The van der Waals surface area contributed by atoms with Gasteiger partial charge in [0.05, 0.1) is 6.61 Å². The summed E-state index contributed by atoms with van der Waals surface area (Å²) in [5.41, 5.74) is 1.38. The molecule has 5 nitrogen and oxygen atoms in total. The molecule has 1 aromatic heterocycles. The Bertz CT molecular complexity index is 720. The van der Waals surface area contributed by atoms with Crippen molar-refractivity contribution in [3.8, 4) is 11.8 Å². The number of hydrogen-bond donors (Lipinski definition) is 0. The molecule has 3 rings (SSSR count). The average Bonchev–Trinajstić information content (AvgIpc) is 3.23. The molecular formula is C18H19N3O2. The molecule has 0 bridgehead atoms. The van der Waals surface area contributed by atoms with Gasteiger partial charge in [-0.2, -0.15) is 10.2 Å². The number of nitrogens with zero attached hydrogens (tertiary/aromatic N) is 3. The van der Waals surface area contributed by atoms with Crippen LogP contribution < -0.4 is 9.64 Å². The number of oxazole rings is 1. The maximum atomic E-state index is 9.22. The molecule has 118 valence electrons. The van der Waals surface area contributed by atoms with E-state index in [9.17, 15) is 5.26 Å². The van der Waals surface area contributed by atoms with Gasteiger partial charge in [-0.3, -0.25) is 0 Å². The van der Waals surface area contributed by atoms with E-state index in [1.165, 1.54) is 0 Å². The highest BCUT2D eigenvalue weighted by atomic mass is 16.5. The maximum absolute atomic E-state index is 9.22. The first-order chi connectivity index (χ1) is 11.3. The van der Waals surface area contributed by atoms with Crippen LogP contribution in [0.4, 0.5) is 5.88 Å². The van der Waals surface area contributed by atoms with Crippen molar-refractivity contribution in [2.24, 2.45) is 0 Å². The molecule has 23 heavy (non-hydrogen) atoms. The van der Waals surface area contributed by atoms with Crippen molar-refractivity contribution >= 4 is 18.0 Å². The lowest BCUT2D eigenvalue weighted by molar-refractivity contribution is 0.340. The van der Waals surface area contributed by atoms with E-state index in [1.54, 1.807) is 6.08 Å². The lowest BCUT2D eigenvalue weighted by Crippen LogP contribution is -2.17. The topological polar surface area (TPSA) is 62.3 Å². The van der Waals surface area contributed by atoms with Crippen molar-refractivity contribution in [2.45, 2.75) is 19.8 Å². The Kier molecular flexibility index (Phi) is 4.62. The molecule has 2 heterocycles. The predicted octanol–water partition coefficient (Wildman–Crippen LogP) is 3.72. The van der Waals surface area contributed by atoms with Crippen molar-refractivity contribution in [2.75, 3.05) is 24.6 Å². The lowest BCUT2D eigenvalue weighted by Gasteiger charge is -2.12. The van der Waals surface area contributed by atoms with E-state index in [-0.39, 0.29) is 0 Å². The van der Waals surface area contributed by atoms with Gasteiger partial charge < -0.3 is 14.1 Å². The zero-order valence-corrected chi connectivity index (χ0v) is 13.2. The van der Waals surface area contributed by atoms with E-state index in [4.69, 9.17) is 9.15 Å². The van der Waals surface area contributed by atoms with Gasteiger partial charge in [0.2, 0.25) is 17.5 Å². The third kappa shape index (κ3) is 3.54. The Morgan fingerprint density at radius 2 is 2.00 bits per heavy atom. The van der Waals surface area contributed by atoms with Crippen LogP contribution in [0, 0.1) is 11.3 Å². The summed E-state index contributed by atoms with van der Waals surface area (Å²) < 4.78 is 11.2. The van der Waals surface area contributed by atoms with Gasteiger partial charge in [0, 0.05) is 19.2 Å². The zero-order valence-electron chi connectivity index (χ0n) is 13.2. The van der Waals surface area contributed by atoms with Crippen molar-refractivity contribution in [1.82, 2.24) is 4.98 Å². The van der Waals surface area contributed by atoms with Gasteiger partial charge >= 0.3 is 0 Å². The molecule has 0 unspecified atom stereocenters. The number of anilines is 1. The van der Waals surface area contributed by atoms with Gasteiger partial charge in [0.1, 0.15) is 11.8 Å². The molecule has 0 radical (unpaired) electrons. The molecule has 0 N–H and O–H groups in total. The summed E-state index contributed by atoms with van der Waals surface area (Å²) in [5.74, 6) is 1.90. The molecule has 1 aromatic carbocycles. The first kappa shape index (κ1) is 15.2. The van der Waals surface area contributed by atoms with Crippen LogP contribution in [0.1, 0.15) is 36.9 Å². The van der Waals surface area contributed by atoms with Crippen molar-refractivity contribution in [1.29, 1.82) is 5.26 Å². The SMILES string of the molecule is CCOc1ccc(/C=C/c2nc(C#N)c(N3CCCC3)o2)cc1. The van der Waals surface area contributed by atoms with Gasteiger partial charge in [-0.15, -0.1) is 0 Å². The molecule has 1 aliphatic rings. The molecule has 1 aliphatic heterocycles. The minimum atomic E-state index is 0.359. The maximum Gasteiger partial charge on any atom is 0.235 e. The minimum absolute atomic E-state index is 0.359. The monoisotopic (exact) mass is 309 g/mol. The second-order valence-electron chi connectivity index (χ2n) is 5.35. The number of benzene rings is 1. The molecule has 1 saturated heterocycles. The summed E-state index contributed by atoms with van der Waals surface area (Å²) in [6.07, 6.45) is 5.96. The smallest absolute Gasteiger partial charge is 0.235 e. The van der Waals surface area contributed by atoms with Crippen LogP contribution in [-0.4, -0.2) is 24.7 Å². The molecule has 1 fully saturated rings. The van der Waals surface area contributed by atoms with E-state index >= 15 is 0 Å². The van der Waals surface area contributed by atoms with Crippen LogP contribution in [-0.2, 0) is 0 Å². The summed E-state index contributed by atoms with van der Waals surface area (Å²) in [6, 6.07) is 9.91. The first-order valence-electron chi connectivity index (χ1n) is 7.87. The zero-order chi connectivity index (χ0) is 16.1. The Labute approximate surface area is 135 Å². The van der Waals surface area contributed by atoms with Gasteiger partial charge in [-0.1, -0.05) is 12.1 Å². The van der Waals surface area contributed by atoms with Crippen LogP contribution >= 0.6 is 0 Å². The fourth-order valence-corrected chi connectivity index (χ4v) is 2.62. The normalized spacial score (nSPS) is 14.3. The average molecular weight is 309 g/mol. The third-order valence-corrected chi connectivity index (χ3v) is 3.73. The summed E-state index contributed by atoms with van der Waals surface area (Å²) in [7, 11) is 0. The molecule has 0 amide bonds. The van der Waals surface area contributed by atoms with Crippen LogP contribution in [0.15, 0.2) is 28.7 Å². The highest BCUT2D eigenvalue weighted by Gasteiger charge is 2.21. The van der Waals surface area contributed by atoms with E-state index < -0.39 is 0 Å². The summed E-state index contributed by atoms with van der Waals surface area (Å²) >= 11 is 0. The molecule has 2 aromatic rings. The van der Waals surface area contributed by atoms with E-state index in [2.05, 4.69) is 16.0 Å². The molecule has 5 heteroatoms. The molecule has 0 atom stereocenters. The fraction of sp³-hybridized carbons (Fsp3) is 0.333. The number of nitriles is 1. The number of ether oxygens (including phenoxy) is 1. The summed E-state index contributed by atoms with van der Waals surface area (Å²) in [4.78, 5) is 6.34. The predicted molar refractivity (Wildman–Crippen MR) is 89.2 cm³/mol. The summed E-state index contributed by atoms with van der Waals surface area (Å²) in [5, 5.41) is 9.22. The first-order valence-corrected chi connectivity index (χ1v) is 7.87.